The van der Waals surface area contributed by atoms with Gasteiger partial charge in [0.05, 0.1) is 26.9 Å². The molecular formula is C18H24O5. The van der Waals surface area contributed by atoms with Crippen molar-refractivity contribution in [1.82, 2.24) is 0 Å². The fourth-order valence-electron chi connectivity index (χ4n) is 2.73. The highest BCUT2D eigenvalue weighted by Gasteiger charge is 2.17. The summed E-state index contributed by atoms with van der Waals surface area (Å²) in [6.45, 7) is 0. The van der Waals surface area contributed by atoms with Crippen molar-refractivity contribution in [3.05, 3.63) is 23.8 Å². The quantitative estimate of drug-likeness (QED) is 0.592. The zero-order chi connectivity index (χ0) is 16.7. The van der Waals surface area contributed by atoms with Crippen LogP contribution in [0.3, 0.4) is 0 Å². The number of rotatable bonds is 6. The maximum Gasteiger partial charge on any atom is 0.331 e. The molecule has 5 heteroatoms. The number of esters is 1. The first-order valence-corrected chi connectivity index (χ1v) is 7.86. The second-order valence-electron chi connectivity index (χ2n) is 5.48. The van der Waals surface area contributed by atoms with E-state index in [0.717, 1.165) is 25.7 Å². The number of carbonyl (C=O) groups is 1. The van der Waals surface area contributed by atoms with Gasteiger partial charge in [-0.25, -0.2) is 4.79 Å². The molecule has 126 valence electrons. The molecule has 0 heterocycles. The Bertz CT molecular complexity index is 534. The zero-order valence-corrected chi connectivity index (χ0v) is 14.0. The highest BCUT2D eigenvalue weighted by atomic mass is 16.5. The van der Waals surface area contributed by atoms with E-state index in [1.54, 1.807) is 39.5 Å². The molecule has 1 aromatic rings. The van der Waals surface area contributed by atoms with Crippen LogP contribution in [0.1, 0.15) is 37.7 Å². The summed E-state index contributed by atoms with van der Waals surface area (Å²) in [6, 6.07) is 3.49. The lowest BCUT2D eigenvalue weighted by atomic mass is 9.98. The van der Waals surface area contributed by atoms with E-state index in [1.165, 1.54) is 12.5 Å². The molecule has 0 radical (unpaired) electrons. The Labute approximate surface area is 137 Å². The highest BCUT2D eigenvalue weighted by molar-refractivity contribution is 5.88. The molecule has 1 aromatic carbocycles. The van der Waals surface area contributed by atoms with Gasteiger partial charge in [-0.05, 0) is 31.8 Å². The molecule has 1 fully saturated rings. The van der Waals surface area contributed by atoms with Gasteiger partial charge >= 0.3 is 5.97 Å². The van der Waals surface area contributed by atoms with Crippen molar-refractivity contribution in [3.8, 4) is 17.2 Å². The molecule has 0 N–H and O–H groups in total. The largest absolute Gasteiger partial charge is 0.496 e. The molecule has 0 spiro atoms. The van der Waals surface area contributed by atoms with Crippen LogP contribution >= 0.6 is 0 Å². The topological polar surface area (TPSA) is 54.0 Å². The van der Waals surface area contributed by atoms with E-state index < -0.39 is 0 Å². The summed E-state index contributed by atoms with van der Waals surface area (Å²) in [5.74, 6) is 1.43. The maximum atomic E-state index is 12.0. The Hall–Kier alpha value is -2.17. The summed E-state index contributed by atoms with van der Waals surface area (Å²) in [4.78, 5) is 12.0. The number of methoxy groups -OCH3 is 3. The van der Waals surface area contributed by atoms with E-state index >= 15 is 0 Å². The molecule has 2 rings (SSSR count). The minimum Gasteiger partial charge on any atom is -0.496 e. The molecule has 0 unspecified atom stereocenters. The van der Waals surface area contributed by atoms with Gasteiger partial charge in [-0.15, -0.1) is 0 Å². The molecule has 0 atom stereocenters. The van der Waals surface area contributed by atoms with Crippen molar-refractivity contribution < 1.29 is 23.7 Å². The van der Waals surface area contributed by atoms with Crippen LogP contribution < -0.4 is 14.2 Å². The maximum absolute atomic E-state index is 12.0. The van der Waals surface area contributed by atoms with Crippen LogP contribution in [-0.2, 0) is 9.53 Å². The molecule has 5 nitrogen and oxygen atoms in total. The Morgan fingerprint density at radius 2 is 1.61 bits per heavy atom. The summed E-state index contributed by atoms with van der Waals surface area (Å²) in [5, 5.41) is 0. The van der Waals surface area contributed by atoms with E-state index in [4.69, 9.17) is 18.9 Å². The van der Waals surface area contributed by atoms with E-state index in [0.29, 0.717) is 22.8 Å². The second-order valence-corrected chi connectivity index (χ2v) is 5.48. The predicted octanol–water partition coefficient (Wildman–Crippen LogP) is 3.60. The average Bonchev–Trinajstić information content (AvgIpc) is 2.59. The van der Waals surface area contributed by atoms with E-state index in [-0.39, 0.29) is 12.1 Å². The van der Waals surface area contributed by atoms with Gasteiger partial charge in [-0.3, -0.25) is 0 Å². The minimum atomic E-state index is -0.336. The SMILES string of the molecule is COc1cc(OC)c(C=CC(=O)OC2CCCCC2)c(OC)c1. The second kappa shape index (κ2) is 8.46. The molecule has 0 saturated heterocycles. The van der Waals surface area contributed by atoms with Crippen LogP contribution in [0.5, 0.6) is 17.2 Å². The Morgan fingerprint density at radius 1 is 1.00 bits per heavy atom. The summed E-state index contributed by atoms with van der Waals surface area (Å²) < 4.78 is 21.4. The number of ether oxygens (including phenoxy) is 4. The number of hydrogen-bond acceptors (Lipinski definition) is 5. The van der Waals surface area contributed by atoms with Gasteiger partial charge in [0.1, 0.15) is 23.4 Å². The molecule has 0 aliphatic heterocycles. The van der Waals surface area contributed by atoms with E-state index in [2.05, 4.69) is 0 Å². The summed E-state index contributed by atoms with van der Waals surface area (Å²) in [7, 11) is 4.70. The van der Waals surface area contributed by atoms with Gasteiger partial charge in [0, 0.05) is 18.2 Å². The van der Waals surface area contributed by atoms with Crippen molar-refractivity contribution in [2.45, 2.75) is 38.2 Å². The molecule has 1 aliphatic rings. The first kappa shape index (κ1) is 17.2. The molecule has 0 aromatic heterocycles. The normalized spacial score (nSPS) is 15.4. The molecule has 0 bridgehead atoms. The number of benzene rings is 1. The van der Waals surface area contributed by atoms with Crippen molar-refractivity contribution >= 4 is 12.0 Å². The van der Waals surface area contributed by atoms with E-state index in [9.17, 15) is 4.79 Å². The standard InChI is InChI=1S/C18H24O5/c1-20-14-11-16(21-2)15(17(12-14)22-3)9-10-18(19)23-13-7-5-4-6-8-13/h9-13H,4-8H2,1-3H3. The average molecular weight is 320 g/mol. The summed E-state index contributed by atoms with van der Waals surface area (Å²) in [5.41, 5.74) is 0.677. The van der Waals surface area contributed by atoms with Crippen molar-refractivity contribution in [3.63, 3.8) is 0 Å². The van der Waals surface area contributed by atoms with Crippen LogP contribution in [0, 0.1) is 0 Å². The third-order valence-electron chi connectivity index (χ3n) is 3.97. The smallest absolute Gasteiger partial charge is 0.331 e. The van der Waals surface area contributed by atoms with Gasteiger partial charge in [0.2, 0.25) is 0 Å². The molecule has 1 aliphatic carbocycles. The highest BCUT2D eigenvalue weighted by Crippen LogP contribution is 2.35. The molecule has 1 saturated carbocycles. The third-order valence-corrected chi connectivity index (χ3v) is 3.97. The monoisotopic (exact) mass is 320 g/mol. The van der Waals surface area contributed by atoms with Crippen LogP contribution in [0.15, 0.2) is 18.2 Å². The lowest BCUT2D eigenvalue weighted by molar-refractivity contribution is -0.144. The fraction of sp³-hybridized carbons (Fsp3) is 0.500. The van der Waals surface area contributed by atoms with Gasteiger partial charge < -0.3 is 18.9 Å². The number of hydrogen-bond donors (Lipinski definition) is 0. The van der Waals surface area contributed by atoms with E-state index in [1.807, 2.05) is 0 Å². The molecular weight excluding hydrogens is 296 g/mol. The van der Waals surface area contributed by atoms with Gasteiger partial charge in [-0.2, -0.15) is 0 Å². The van der Waals surface area contributed by atoms with Crippen LogP contribution in [0.25, 0.3) is 6.08 Å². The van der Waals surface area contributed by atoms with Crippen molar-refractivity contribution in [1.29, 1.82) is 0 Å². The molecule has 0 amide bonds. The summed E-state index contributed by atoms with van der Waals surface area (Å²) in [6.07, 6.45) is 8.50. The predicted molar refractivity (Wildman–Crippen MR) is 88.1 cm³/mol. The van der Waals surface area contributed by atoms with Crippen LogP contribution in [0.4, 0.5) is 0 Å². The Balaban J connectivity index is 2.12. The lowest BCUT2D eigenvalue weighted by Crippen LogP contribution is -2.19. The van der Waals surface area contributed by atoms with Crippen molar-refractivity contribution in [2.75, 3.05) is 21.3 Å². The number of carbonyl (C=O) groups excluding carboxylic acids is 1. The van der Waals surface area contributed by atoms with Crippen LogP contribution in [-0.4, -0.2) is 33.4 Å². The Morgan fingerprint density at radius 3 is 2.13 bits per heavy atom. The summed E-state index contributed by atoms with van der Waals surface area (Å²) >= 11 is 0. The fourth-order valence-corrected chi connectivity index (χ4v) is 2.73. The Kier molecular flexibility index (Phi) is 6.32. The van der Waals surface area contributed by atoms with Gasteiger partial charge in [0.15, 0.2) is 0 Å². The first-order valence-electron chi connectivity index (χ1n) is 7.86. The molecule has 23 heavy (non-hydrogen) atoms. The zero-order valence-electron chi connectivity index (χ0n) is 14.0. The van der Waals surface area contributed by atoms with Gasteiger partial charge in [0.25, 0.3) is 0 Å². The first-order chi connectivity index (χ1) is 11.2. The third kappa shape index (κ3) is 4.65. The lowest BCUT2D eigenvalue weighted by Gasteiger charge is -2.21. The van der Waals surface area contributed by atoms with Gasteiger partial charge in [-0.1, -0.05) is 6.42 Å². The minimum absolute atomic E-state index is 0.0422. The van der Waals surface area contributed by atoms with Crippen LogP contribution in [0.2, 0.25) is 0 Å². The van der Waals surface area contributed by atoms with Crippen molar-refractivity contribution in [2.24, 2.45) is 0 Å².